The van der Waals surface area contributed by atoms with Gasteiger partial charge in [-0.3, -0.25) is 9.59 Å². The van der Waals surface area contributed by atoms with Crippen LogP contribution in [0.25, 0.3) is 11.0 Å². The lowest BCUT2D eigenvalue weighted by atomic mass is 9.98. The van der Waals surface area contributed by atoms with Gasteiger partial charge in [0.05, 0.1) is 30.7 Å². The van der Waals surface area contributed by atoms with E-state index in [1.807, 2.05) is 37.3 Å². The average molecular weight is 379 g/mol. The molecule has 1 aromatic heterocycles. The van der Waals surface area contributed by atoms with Crippen LogP contribution >= 0.6 is 0 Å². The van der Waals surface area contributed by atoms with Crippen LogP contribution in [0.5, 0.6) is 5.75 Å². The number of benzene rings is 2. The number of methoxy groups -OCH3 is 2. The van der Waals surface area contributed by atoms with E-state index in [4.69, 9.17) is 13.9 Å². The van der Waals surface area contributed by atoms with Crippen molar-refractivity contribution in [2.24, 2.45) is 0 Å². The van der Waals surface area contributed by atoms with Gasteiger partial charge in [-0.05, 0) is 36.8 Å². The number of rotatable bonds is 5. The van der Waals surface area contributed by atoms with Gasteiger partial charge in [0.15, 0.2) is 5.43 Å². The predicted molar refractivity (Wildman–Crippen MR) is 105 cm³/mol. The highest BCUT2D eigenvalue weighted by Gasteiger charge is 2.42. The number of ether oxygens (including phenoxy) is 2. The van der Waals surface area contributed by atoms with Crippen LogP contribution in [0.3, 0.4) is 0 Å². The summed E-state index contributed by atoms with van der Waals surface area (Å²) in [7, 11) is 3.17. The largest absolute Gasteiger partial charge is 0.497 e. The van der Waals surface area contributed by atoms with Crippen molar-refractivity contribution in [1.82, 2.24) is 4.90 Å². The third-order valence-corrected chi connectivity index (χ3v) is 5.09. The highest BCUT2D eigenvalue weighted by molar-refractivity contribution is 5.99. The van der Waals surface area contributed by atoms with Crippen molar-refractivity contribution < 1.29 is 18.7 Å². The Kier molecular flexibility index (Phi) is 4.65. The molecule has 0 fully saturated rings. The molecule has 2 aromatic carbocycles. The van der Waals surface area contributed by atoms with E-state index >= 15 is 0 Å². The number of nitrogens with zero attached hydrogens (tertiary/aromatic N) is 1. The summed E-state index contributed by atoms with van der Waals surface area (Å²) >= 11 is 0. The fourth-order valence-corrected chi connectivity index (χ4v) is 3.69. The Balaban J connectivity index is 1.94. The van der Waals surface area contributed by atoms with Crippen LogP contribution in [0, 0.1) is 6.92 Å². The third kappa shape index (κ3) is 2.86. The van der Waals surface area contributed by atoms with Gasteiger partial charge in [0.25, 0.3) is 5.91 Å². The maximum absolute atomic E-state index is 13.3. The molecule has 1 aliphatic heterocycles. The van der Waals surface area contributed by atoms with Crippen LogP contribution in [-0.4, -0.2) is 38.2 Å². The Bertz CT molecular complexity index is 1100. The number of aryl methyl sites for hydroxylation is 1. The van der Waals surface area contributed by atoms with E-state index in [1.54, 1.807) is 31.3 Å². The Morgan fingerprint density at radius 2 is 1.82 bits per heavy atom. The minimum Gasteiger partial charge on any atom is -0.497 e. The van der Waals surface area contributed by atoms with Crippen LogP contribution in [0.15, 0.2) is 51.7 Å². The second-order valence-electron chi connectivity index (χ2n) is 6.84. The molecule has 0 spiro atoms. The van der Waals surface area contributed by atoms with Crippen molar-refractivity contribution in [2.45, 2.75) is 13.0 Å². The first-order chi connectivity index (χ1) is 13.5. The van der Waals surface area contributed by atoms with Gasteiger partial charge < -0.3 is 18.8 Å². The second kappa shape index (κ2) is 7.13. The summed E-state index contributed by atoms with van der Waals surface area (Å²) in [5.74, 6) is 0.517. The molecule has 144 valence electrons. The van der Waals surface area contributed by atoms with Crippen LogP contribution in [0.2, 0.25) is 0 Å². The zero-order valence-corrected chi connectivity index (χ0v) is 16.0. The first-order valence-electron chi connectivity index (χ1n) is 9.06. The molecule has 1 amide bonds. The highest BCUT2D eigenvalue weighted by Crippen LogP contribution is 2.38. The van der Waals surface area contributed by atoms with Gasteiger partial charge in [-0.25, -0.2) is 0 Å². The molecular weight excluding hydrogens is 358 g/mol. The molecule has 28 heavy (non-hydrogen) atoms. The summed E-state index contributed by atoms with van der Waals surface area (Å²) in [6, 6.07) is 12.2. The van der Waals surface area contributed by atoms with Gasteiger partial charge in [-0.2, -0.15) is 0 Å². The summed E-state index contributed by atoms with van der Waals surface area (Å²) in [5.41, 5.74) is 2.41. The standard InChI is InChI=1S/C22H21NO5/c1-13-4-9-17-16(12-13)20(24)18-19(14-5-7-15(27-3)8-6-14)23(10-11-26-2)22(25)21(18)28-17/h4-9,12,19H,10-11H2,1-3H3/t19-/m0/s1. The Labute approximate surface area is 162 Å². The van der Waals surface area contributed by atoms with Crippen molar-refractivity contribution in [1.29, 1.82) is 0 Å². The van der Waals surface area contributed by atoms with E-state index in [0.29, 0.717) is 35.4 Å². The van der Waals surface area contributed by atoms with Gasteiger partial charge in [0.2, 0.25) is 5.76 Å². The van der Waals surface area contributed by atoms with E-state index in [2.05, 4.69) is 0 Å². The fraction of sp³-hybridized carbons (Fsp3) is 0.273. The van der Waals surface area contributed by atoms with E-state index in [1.165, 1.54) is 0 Å². The van der Waals surface area contributed by atoms with Crippen LogP contribution in [0.4, 0.5) is 0 Å². The lowest BCUT2D eigenvalue weighted by Crippen LogP contribution is -2.32. The molecule has 0 saturated carbocycles. The molecule has 0 N–H and O–H groups in total. The van der Waals surface area contributed by atoms with E-state index in [-0.39, 0.29) is 17.1 Å². The summed E-state index contributed by atoms with van der Waals surface area (Å²) in [6.07, 6.45) is 0. The van der Waals surface area contributed by atoms with E-state index in [0.717, 1.165) is 11.1 Å². The molecule has 6 nitrogen and oxygen atoms in total. The minimum atomic E-state index is -0.523. The lowest BCUT2D eigenvalue weighted by Gasteiger charge is -2.24. The average Bonchev–Trinajstić information content (AvgIpc) is 2.99. The zero-order chi connectivity index (χ0) is 19.8. The fourth-order valence-electron chi connectivity index (χ4n) is 3.69. The third-order valence-electron chi connectivity index (χ3n) is 5.09. The molecule has 0 unspecified atom stereocenters. The number of fused-ring (bicyclic) bond motifs is 2. The highest BCUT2D eigenvalue weighted by atomic mass is 16.5. The molecule has 1 atom stereocenters. The van der Waals surface area contributed by atoms with Gasteiger partial charge in [-0.15, -0.1) is 0 Å². The van der Waals surface area contributed by atoms with Gasteiger partial charge in [-0.1, -0.05) is 23.8 Å². The van der Waals surface area contributed by atoms with Gasteiger partial charge in [0.1, 0.15) is 11.3 Å². The Hall–Kier alpha value is -3.12. The Morgan fingerprint density at radius 1 is 1.07 bits per heavy atom. The van der Waals surface area contributed by atoms with Crippen LogP contribution < -0.4 is 10.2 Å². The monoisotopic (exact) mass is 379 g/mol. The summed E-state index contributed by atoms with van der Waals surface area (Å²) < 4.78 is 16.3. The van der Waals surface area contributed by atoms with Crippen LogP contribution in [0.1, 0.15) is 33.3 Å². The lowest BCUT2D eigenvalue weighted by molar-refractivity contribution is 0.0663. The molecule has 0 saturated heterocycles. The van der Waals surface area contributed by atoms with Gasteiger partial charge in [0, 0.05) is 13.7 Å². The number of carbonyl (C=O) groups is 1. The predicted octanol–water partition coefficient (Wildman–Crippen LogP) is 3.30. The molecule has 2 heterocycles. The summed E-state index contributed by atoms with van der Waals surface area (Å²) in [4.78, 5) is 28.1. The maximum atomic E-state index is 13.3. The van der Waals surface area contributed by atoms with Crippen molar-refractivity contribution in [3.05, 3.63) is 75.1 Å². The van der Waals surface area contributed by atoms with Crippen molar-refractivity contribution >= 4 is 16.9 Å². The molecule has 4 rings (SSSR count). The molecule has 0 bridgehead atoms. The van der Waals surface area contributed by atoms with Crippen molar-refractivity contribution in [3.8, 4) is 5.75 Å². The number of hydrogen-bond acceptors (Lipinski definition) is 5. The quantitative estimate of drug-likeness (QED) is 0.680. The number of amides is 1. The smallest absolute Gasteiger partial charge is 0.290 e. The topological polar surface area (TPSA) is 69.0 Å². The van der Waals surface area contributed by atoms with Crippen molar-refractivity contribution in [3.63, 3.8) is 0 Å². The second-order valence-corrected chi connectivity index (χ2v) is 6.84. The van der Waals surface area contributed by atoms with Gasteiger partial charge >= 0.3 is 0 Å². The molecule has 0 aliphatic carbocycles. The van der Waals surface area contributed by atoms with E-state index < -0.39 is 6.04 Å². The molecule has 1 aliphatic rings. The van der Waals surface area contributed by atoms with Crippen molar-refractivity contribution in [2.75, 3.05) is 27.4 Å². The molecule has 6 heteroatoms. The summed E-state index contributed by atoms with van der Waals surface area (Å²) in [6.45, 7) is 2.63. The van der Waals surface area contributed by atoms with E-state index in [9.17, 15) is 9.59 Å². The first kappa shape index (κ1) is 18.3. The molecular formula is C22H21NO5. The maximum Gasteiger partial charge on any atom is 0.290 e. The molecule has 0 radical (unpaired) electrons. The number of hydrogen-bond donors (Lipinski definition) is 0. The molecule has 3 aromatic rings. The number of carbonyl (C=O) groups excluding carboxylic acids is 1. The first-order valence-corrected chi connectivity index (χ1v) is 9.06. The van der Waals surface area contributed by atoms with Crippen LogP contribution in [-0.2, 0) is 4.74 Å². The minimum absolute atomic E-state index is 0.110. The normalized spacial score (nSPS) is 15.9. The Morgan fingerprint density at radius 3 is 2.50 bits per heavy atom. The SMILES string of the molecule is COCCN1C(=O)c2oc3ccc(C)cc3c(=O)c2[C@@H]1c1ccc(OC)cc1. The zero-order valence-electron chi connectivity index (χ0n) is 16.0. The summed E-state index contributed by atoms with van der Waals surface area (Å²) in [5, 5.41) is 0.485.